The Balaban J connectivity index is 1.59. The van der Waals surface area contributed by atoms with Crippen LogP contribution in [-0.2, 0) is 0 Å². The number of piperidine rings is 1. The molecule has 0 saturated carbocycles. The Morgan fingerprint density at radius 1 is 1.23 bits per heavy atom. The van der Waals surface area contributed by atoms with Crippen molar-refractivity contribution in [1.29, 1.82) is 0 Å². The third kappa shape index (κ3) is 4.22. The summed E-state index contributed by atoms with van der Waals surface area (Å²) in [6.07, 6.45) is 3.60. The predicted octanol–water partition coefficient (Wildman–Crippen LogP) is 3.33. The van der Waals surface area contributed by atoms with E-state index in [0.29, 0.717) is 29.2 Å². The van der Waals surface area contributed by atoms with Crippen molar-refractivity contribution in [2.45, 2.75) is 19.8 Å². The fraction of sp³-hybridized carbons (Fsp3) is 0.350. The normalized spacial score (nSPS) is 17.0. The fourth-order valence-electron chi connectivity index (χ4n) is 3.27. The van der Waals surface area contributed by atoms with Crippen LogP contribution < -0.4 is 5.32 Å². The van der Waals surface area contributed by atoms with Crippen molar-refractivity contribution < 1.29 is 9.59 Å². The van der Waals surface area contributed by atoms with Crippen LogP contribution in [0, 0.1) is 12.8 Å². The van der Waals surface area contributed by atoms with E-state index in [4.69, 9.17) is 11.6 Å². The average Bonchev–Trinajstić information content (AvgIpc) is 2.66. The largest absolute Gasteiger partial charge is 0.352 e. The molecule has 1 aromatic heterocycles. The number of hydrogen-bond acceptors (Lipinski definition) is 3. The van der Waals surface area contributed by atoms with Crippen LogP contribution in [0.1, 0.15) is 39.3 Å². The van der Waals surface area contributed by atoms with E-state index in [2.05, 4.69) is 10.3 Å². The minimum absolute atomic E-state index is 0.0118. The van der Waals surface area contributed by atoms with Crippen molar-refractivity contribution in [3.05, 3.63) is 64.4 Å². The molecule has 0 bridgehead atoms. The first-order valence-corrected chi connectivity index (χ1v) is 9.17. The van der Waals surface area contributed by atoms with E-state index in [0.717, 1.165) is 25.1 Å². The maximum absolute atomic E-state index is 12.8. The van der Waals surface area contributed by atoms with E-state index in [1.165, 1.54) is 0 Å². The number of nitrogens with one attached hydrogen (secondary N) is 1. The molecule has 5 nitrogen and oxygen atoms in total. The van der Waals surface area contributed by atoms with Gasteiger partial charge in [-0.05, 0) is 49.9 Å². The Hall–Kier alpha value is -2.40. The van der Waals surface area contributed by atoms with Crippen molar-refractivity contribution in [1.82, 2.24) is 15.2 Å². The molecule has 1 saturated heterocycles. The monoisotopic (exact) mass is 371 g/mol. The van der Waals surface area contributed by atoms with Gasteiger partial charge in [0, 0.05) is 31.5 Å². The highest BCUT2D eigenvalue weighted by atomic mass is 35.5. The standard InChI is InChI=1S/C20H22ClN3O2/c1-14-16(8-4-10-22-14)20(26)24-11-5-6-15(13-24)12-23-19(25)17-7-2-3-9-18(17)21/h2-4,7-10,15H,5-6,11-13H2,1H3,(H,23,25)/t15-/m0/s1. The molecule has 1 N–H and O–H groups in total. The van der Waals surface area contributed by atoms with E-state index in [9.17, 15) is 9.59 Å². The first-order valence-electron chi connectivity index (χ1n) is 8.80. The molecule has 2 heterocycles. The smallest absolute Gasteiger partial charge is 0.255 e. The van der Waals surface area contributed by atoms with Crippen molar-refractivity contribution in [3.8, 4) is 0 Å². The lowest BCUT2D eigenvalue weighted by molar-refractivity contribution is 0.0669. The Bertz CT molecular complexity index is 809. The van der Waals surface area contributed by atoms with Crippen LogP contribution in [0.3, 0.4) is 0 Å². The molecule has 1 aliphatic heterocycles. The van der Waals surface area contributed by atoms with Crippen molar-refractivity contribution in [2.24, 2.45) is 5.92 Å². The van der Waals surface area contributed by atoms with E-state index < -0.39 is 0 Å². The second-order valence-electron chi connectivity index (χ2n) is 6.59. The molecule has 1 atom stereocenters. The van der Waals surface area contributed by atoms with Gasteiger partial charge in [0.2, 0.25) is 0 Å². The lowest BCUT2D eigenvalue weighted by Gasteiger charge is -2.33. The molecule has 0 aliphatic carbocycles. The molecule has 2 amide bonds. The summed E-state index contributed by atoms with van der Waals surface area (Å²) in [6.45, 7) is 3.75. The zero-order valence-electron chi connectivity index (χ0n) is 14.7. The molecule has 0 radical (unpaired) electrons. The number of carbonyl (C=O) groups is 2. The topological polar surface area (TPSA) is 62.3 Å². The van der Waals surface area contributed by atoms with Crippen LogP contribution in [0.5, 0.6) is 0 Å². The average molecular weight is 372 g/mol. The summed E-state index contributed by atoms with van der Waals surface area (Å²) >= 11 is 6.07. The first-order chi connectivity index (χ1) is 12.6. The highest BCUT2D eigenvalue weighted by molar-refractivity contribution is 6.33. The van der Waals surface area contributed by atoms with Gasteiger partial charge in [0.25, 0.3) is 11.8 Å². The maximum Gasteiger partial charge on any atom is 0.255 e. The molecule has 0 unspecified atom stereocenters. The Kier molecular flexibility index (Phi) is 5.89. The molecular formula is C20H22ClN3O2. The second-order valence-corrected chi connectivity index (χ2v) is 6.99. The first kappa shape index (κ1) is 18.4. The quantitative estimate of drug-likeness (QED) is 0.896. The van der Waals surface area contributed by atoms with E-state index in [-0.39, 0.29) is 17.7 Å². The fourth-order valence-corrected chi connectivity index (χ4v) is 3.50. The SMILES string of the molecule is Cc1ncccc1C(=O)N1CCC[C@@H](CNC(=O)c2ccccc2Cl)C1. The summed E-state index contributed by atoms with van der Waals surface area (Å²) in [4.78, 5) is 31.1. The van der Waals surface area contributed by atoms with Gasteiger partial charge in [-0.25, -0.2) is 0 Å². The number of halogens is 1. The molecule has 1 fully saturated rings. The maximum atomic E-state index is 12.8. The summed E-state index contributed by atoms with van der Waals surface area (Å²) in [6, 6.07) is 10.6. The minimum atomic E-state index is -0.179. The molecule has 3 rings (SSSR count). The van der Waals surface area contributed by atoms with Crippen LogP contribution in [-0.4, -0.2) is 41.3 Å². The second kappa shape index (κ2) is 8.32. The number of pyridine rings is 1. The molecule has 6 heteroatoms. The van der Waals surface area contributed by atoms with Gasteiger partial charge >= 0.3 is 0 Å². The molecule has 0 spiro atoms. The van der Waals surface area contributed by atoms with E-state index in [1.54, 1.807) is 36.5 Å². The molecule has 136 valence electrons. The van der Waals surface area contributed by atoms with Crippen LogP contribution in [0.2, 0.25) is 5.02 Å². The molecule has 26 heavy (non-hydrogen) atoms. The third-order valence-electron chi connectivity index (χ3n) is 4.71. The van der Waals surface area contributed by atoms with Gasteiger partial charge in [-0.15, -0.1) is 0 Å². The highest BCUT2D eigenvalue weighted by Crippen LogP contribution is 2.20. The molecule has 1 aliphatic rings. The Labute approximate surface area is 158 Å². The number of nitrogens with zero attached hydrogens (tertiary/aromatic N) is 2. The zero-order valence-corrected chi connectivity index (χ0v) is 15.5. The van der Waals surface area contributed by atoms with Crippen LogP contribution in [0.15, 0.2) is 42.6 Å². The zero-order chi connectivity index (χ0) is 18.5. The molecule has 2 aromatic rings. The van der Waals surface area contributed by atoms with Gasteiger partial charge in [0.1, 0.15) is 0 Å². The minimum Gasteiger partial charge on any atom is -0.352 e. The van der Waals surface area contributed by atoms with Crippen LogP contribution in [0.4, 0.5) is 0 Å². The van der Waals surface area contributed by atoms with Crippen LogP contribution in [0.25, 0.3) is 0 Å². The summed E-state index contributed by atoms with van der Waals surface area (Å²) in [7, 11) is 0. The molecular weight excluding hydrogens is 350 g/mol. The predicted molar refractivity (Wildman–Crippen MR) is 101 cm³/mol. The summed E-state index contributed by atoms with van der Waals surface area (Å²) < 4.78 is 0. The highest BCUT2D eigenvalue weighted by Gasteiger charge is 2.26. The number of benzene rings is 1. The lowest BCUT2D eigenvalue weighted by atomic mass is 9.97. The number of aryl methyl sites for hydroxylation is 1. The van der Waals surface area contributed by atoms with Gasteiger partial charge in [-0.2, -0.15) is 0 Å². The van der Waals surface area contributed by atoms with Gasteiger partial charge in [-0.1, -0.05) is 23.7 Å². The number of carbonyl (C=O) groups excluding carboxylic acids is 2. The summed E-state index contributed by atoms with van der Waals surface area (Å²) in [5.74, 6) is 0.0657. The number of hydrogen-bond donors (Lipinski definition) is 1. The number of aromatic nitrogens is 1. The van der Waals surface area contributed by atoms with Crippen LogP contribution >= 0.6 is 11.6 Å². The Morgan fingerprint density at radius 2 is 2.00 bits per heavy atom. The van der Waals surface area contributed by atoms with Gasteiger partial charge in [0.05, 0.1) is 16.1 Å². The number of likely N-dealkylation sites (tertiary alicyclic amines) is 1. The van der Waals surface area contributed by atoms with E-state index in [1.807, 2.05) is 17.9 Å². The van der Waals surface area contributed by atoms with Crippen molar-refractivity contribution in [3.63, 3.8) is 0 Å². The van der Waals surface area contributed by atoms with Crippen molar-refractivity contribution in [2.75, 3.05) is 19.6 Å². The molecule has 1 aromatic carbocycles. The number of rotatable bonds is 4. The third-order valence-corrected chi connectivity index (χ3v) is 5.04. The summed E-state index contributed by atoms with van der Waals surface area (Å²) in [5.41, 5.74) is 1.86. The Morgan fingerprint density at radius 3 is 2.77 bits per heavy atom. The van der Waals surface area contributed by atoms with Gasteiger partial charge in [-0.3, -0.25) is 14.6 Å². The van der Waals surface area contributed by atoms with Crippen molar-refractivity contribution >= 4 is 23.4 Å². The van der Waals surface area contributed by atoms with Gasteiger partial charge in [0.15, 0.2) is 0 Å². The lowest BCUT2D eigenvalue weighted by Crippen LogP contribution is -2.44. The van der Waals surface area contributed by atoms with E-state index >= 15 is 0 Å². The number of amides is 2. The van der Waals surface area contributed by atoms with Gasteiger partial charge < -0.3 is 10.2 Å². The summed E-state index contributed by atoms with van der Waals surface area (Å²) in [5, 5.41) is 3.39.